The van der Waals surface area contributed by atoms with Gasteiger partial charge in [0, 0.05) is 0 Å². The first-order chi connectivity index (χ1) is 8.92. The van der Waals surface area contributed by atoms with Crippen molar-refractivity contribution in [2.45, 2.75) is 26.4 Å². The van der Waals surface area contributed by atoms with Crippen LogP contribution in [0.4, 0.5) is 0 Å². The fourth-order valence-electron chi connectivity index (χ4n) is 0.835. The van der Waals surface area contributed by atoms with Crippen LogP contribution in [-0.2, 0) is 4.74 Å². The second kappa shape index (κ2) is 9.74. The number of aromatic nitrogens is 2. The molecular weight excluding hydrogens is 410 g/mol. The summed E-state index contributed by atoms with van der Waals surface area (Å²) in [6.45, 7) is 5.29. The third-order valence-electron chi connectivity index (χ3n) is 1.40. The van der Waals surface area contributed by atoms with Crippen LogP contribution in [0, 0.1) is 0 Å². The molecule has 0 N–H and O–H groups in total. The number of carbonyl (C=O) groups is 2. The first kappa shape index (κ1) is 23.1. The summed E-state index contributed by atoms with van der Waals surface area (Å²) >= 11 is -5.94. The van der Waals surface area contributed by atoms with E-state index >= 15 is 0 Å². The van der Waals surface area contributed by atoms with Crippen LogP contribution in [0.15, 0.2) is 12.4 Å². The standard InChI is InChI=1S/C10H12N2O3.IO4.Na/c1-10(2,3)15-9(14)8-5-11-7(6-13)4-12-8;2-1(3,4)5;/h4-6H,1-3H3;;/q;-1;+1. The minimum atomic E-state index is -5.94. The largest absolute Gasteiger partial charge is 1.00 e. The second-order valence-electron chi connectivity index (χ2n) is 4.32. The van der Waals surface area contributed by atoms with Crippen molar-refractivity contribution in [3.63, 3.8) is 0 Å². The van der Waals surface area contributed by atoms with Crippen LogP contribution < -0.4 is 63.4 Å². The molecule has 0 fully saturated rings. The van der Waals surface area contributed by atoms with Crippen LogP contribution >= 0.6 is 0 Å². The van der Waals surface area contributed by atoms with E-state index in [2.05, 4.69) is 9.97 Å². The first-order valence-electron chi connectivity index (χ1n) is 5.04. The zero-order valence-electron chi connectivity index (χ0n) is 11.9. The third-order valence-corrected chi connectivity index (χ3v) is 1.40. The van der Waals surface area contributed by atoms with Crippen LogP contribution in [0.1, 0.15) is 41.7 Å². The molecule has 0 bridgehead atoms. The van der Waals surface area contributed by atoms with Crippen molar-refractivity contribution in [1.82, 2.24) is 9.97 Å². The van der Waals surface area contributed by atoms with Crippen molar-refractivity contribution < 1.29 is 77.7 Å². The maximum absolute atomic E-state index is 11.4. The molecule has 0 radical (unpaired) electrons. The normalized spacial score (nSPS) is 10.6. The minimum Gasteiger partial charge on any atom is -0.455 e. The summed E-state index contributed by atoms with van der Waals surface area (Å²) in [7, 11) is 0. The SMILES string of the molecule is CC(C)(C)OC(=O)c1cnc(C=O)cn1.[Na+].[O-][I+3]([O-])([O-])[O-]. The third kappa shape index (κ3) is 14.5. The molecule has 112 valence electrons. The smallest absolute Gasteiger partial charge is 0.455 e. The van der Waals surface area contributed by atoms with Crippen LogP contribution in [0.25, 0.3) is 0 Å². The van der Waals surface area contributed by atoms with E-state index in [9.17, 15) is 9.59 Å². The Kier molecular flexibility index (Phi) is 10.7. The Bertz CT molecular complexity index is 450. The van der Waals surface area contributed by atoms with Crippen LogP contribution in [0.2, 0.25) is 0 Å². The molecule has 1 rings (SSSR count). The summed E-state index contributed by atoms with van der Waals surface area (Å²) in [4.78, 5) is 29.2. The van der Waals surface area contributed by atoms with E-state index in [-0.39, 0.29) is 40.9 Å². The number of hydrogen-bond donors (Lipinski definition) is 0. The Morgan fingerprint density at radius 3 is 1.95 bits per heavy atom. The van der Waals surface area contributed by atoms with Crippen molar-refractivity contribution in [2.75, 3.05) is 0 Å². The molecule has 0 saturated heterocycles. The molecule has 1 aromatic heterocycles. The quantitative estimate of drug-likeness (QED) is 0.195. The van der Waals surface area contributed by atoms with Gasteiger partial charge < -0.3 is 4.74 Å². The van der Waals surface area contributed by atoms with E-state index in [1.807, 2.05) is 0 Å². The van der Waals surface area contributed by atoms with Crippen LogP contribution in [-0.4, -0.2) is 27.8 Å². The molecule has 0 spiro atoms. The van der Waals surface area contributed by atoms with Gasteiger partial charge in [0.15, 0.2) is 12.0 Å². The van der Waals surface area contributed by atoms with Gasteiger partial charge in [0.2, 0.25) is 0 Å². The topological polar surface area (TPSA) is 161 Å². The van der Waals surface area contributed by atoms with Gasteiger partial charge in [0.05, 0.1) is 12.4 Å². The molecule has 0 atom stereocenters. The summed E-state index contributed by atoms with van der Waals surface area (Å²) in [5.74, 6) is -0.549. The molecule has 0 aromatic carbocycles. The van der Waals surface area contributed by atoms with Crippen molar-refractivity contribution in [3.05, 3.63) is 23.8 Å². The zero-order valence-corrected chi connectivity index (χ0v) is 16.0. The Morgan fingerprint density at radius 2 is 1.67 bits per heavy atom. The summed E-state index contributed by atoms with van der Waals surface area (Å²) in [5.41, 5.74) is -0.292. The van der Waals surface area contributed by atoms with Gasteiger partial charge in [-0.2, -0.15) is 0 Å². The van der Waals surface area contributed by atoms with Crippen molar-refractivity contribution >= 4 is 12.3 Å². The van der Waals surface area contributed by atoms with Gasteiger partial charge >= 0.3 is 35.5 Å². The predicted molar refractivity (Wildman–Crippen MR) is 52.6 cm³/mol. The molecule has 11 heteroatoms. The molecule has 0 aliphatic rings. The van der Waals surface area contributed by atoms with Crippen LogP contribution in [0.5, 0.6) is 0 Å². The fraction of sp³-hybridized carbons (Fsp3) is 0.400. The maximum Gasteiger partial charge on any atom is 1.00 e. The molecule has 21 heavy (non-hydrogen) atoms. The molecule has 9 nitrogen and oxygen atoms in total. The molecule has 0 saturated carbocycles. The molecule has 0 aliphatic heterocycles. The van der Waals surface area contributed by atoms with Crippen molar-refractivity contribution in [2.24, 2.45) is 0 Å². The van der Waals surface area contributed by atoms with E-state index in [0.717, 1.165) is 0 Å². The number of esters is 1. The maximum atomic E-state index is 11.4. The number of carbonyl (C=O) groups excluding carboxylic acids is 2. The van der Waals surface area contributed by atoms with E-state index in [1.165, 1.54) is 12.4 Å². The van der Waals surface area contributed by atoms with Gasteiger partial charge in [-0.15, -0.1) is 0 Å². The summed E-state index contributed by atoms with van der Waals surface area (Å²) in [6.07, 6.45) is 3.01. The second-order valence-corrected chi connectivity index (χ2v) is 6.48. The van der Waals surface area contributed by atoms with Crippen LogP contribution in [0.3, 0.4) is 0 Å². The van der Waals surface area contributed by atoms with Gasteiger partial charge in [-0.1, -0.05) is 0 Å². The molecule has 0 amide bonds. The summed E-state index contributed by atoms with van der Waals surface area (Å²) in [6, 6.07) is 0. The number of rotatable bonds is 2. The predicted octanol–water partition coefficient (Wildman–Crippen LogP) is -9.50. The van der Waals surface area contributed by atoms with E-state index in [1.54, 1.807) is 20.8 Å². The summed E-state index contributed by atoms with van der Waals surface area (Å²) in [5, 5.41) is 0. The number of halogens is 1. The average molecular weight is 422 g/mol. The van der Waals surface area contributed by atoms with E-state index < -0.39 is 31.7 Å². The monoisotopic (exact) mass is 422 g/mol. The summed E-state index contributed by atoms with van der Waals surface area (Å²) < 4.78 is 39.5. The number of ether oxygens (including phenoxy) is 1. The van der Waals surface area contributed by atoms with Crippen molar-refractivity contribution in [1.29, 1.82) is 0 Å². The number of hydrogen-bond acceptors (Lipinski definition) is 9. The number of aldehydes is 1. The van der Waals surface area contributed by atoms with Gasteiger partial charge in [-0.3, -0.25) is 18.5 Å². The molecule has 0 unspecified atom stereocenters. The van der Waals surface area contributed by atoms with Gasteiger partial charge in [0.25, 0.3) is 0 Å². The Labute approximate surface area is 149 Å². The average Bonchev–Trinajstić information content (AvgIpc) is 2.24. The molecule has 1 heterocycles. The van der Waals surface area contributed by atoms with Gasteiger partial charge in [-0.25, -0.2) is 14.8 Å². The minimum absolute atomic E-state index is 0. The molecular formula is C10H12IN2NaO7. The zero-order chi connectivity index (χ0) is 16.0. The number of nitrogens with zero attached hydrogens (tertiary/aromatic N) is 2. The van der Waals surface area contributed by atoms with Gasteiger partial charge in [0.1, 0.15) is 31.4 Å². The van der Waals surface area contributed by atoms with Crippen molar-refractivity contribution in [3.8, 4) is 0 Å². The molecule has 1 aromatic rings. The molecule has 0 aliphatic carbocycles. The first-order valence-corrected chi connectivity index (χ1v) is 8.57. The Hall–Kier alpha value is -0.210. The Morgan fingerprint density at radius 1 is 1.19 bits per heavy atom. The van der Waals surface area contributed by atoms with E-state index in [0.29, 0.717) is 6.29 Å². The Balaban J connectivity index is 0. The van der Waals surface area contributed by atoms with Gasteiger partial charge in [-0.05, 0) is 20.8 Å². The van der Waals surface area contributed by atoms with E-state index in [4.69, 9.17) is 18.5 Å². The fourth-order valence-corrected chi connectivity index (χ4v) is 0.835.